The van der Waals surface area contributed by atoms with Gasteiger partial charge in [0.15, 0.2) is 0 Å². The van der Waals surface area contributed by atoms with E-state index in [1.165, 1.54) is 0 Å². The van der Waals surface area contributed by atoms with Crippen LogP contribution in [0.2, 0.25) is 0 Å². The van der Waals surface area contributed by atoms with Crippen LogP contribution in [0.4, 0.5) is 0 Å². The number of piperidine rings is 1. The van der Waals surface area contributed by atoms with Gasteiger partial charge in [0, 0.05) is 32.0 Å². The highest BCUT2D eigenvalue weighted by Gasteiger charge is 2.26. The molecule has 0 bridgehead atoms. The highest BCUT2D eigenvalue weighted by molar-refractivity contribution is 5.77. The molecule has 0 saturated carbocycles. The number of amides is 1. The molecular weight excluding hydrogens is 232 g/mol. The number of rotatable bonds is 7. The zero-order chi connectivity index (χ0) is 13.4. The first-order valence-corrected chi connectivity index (χ1v) is 6.87. The van der Waals surface area contributed by atoms with E-state index >= 15 is 0 Å². The number of nitrogens with zero attached hydrogens (tertiary/aromatic N) is 1. The Morgan fingerprint density at radius 1 is 1.33 bits per heavy atom. The van der Waals surface area contributed by atoms with Crippen LogP contribution in [0.3, 0.4) is 0 Å². The van der Waals surface area contributed by atoms with Gasteiger partial charge in [-0.2, -0.15) is 0 Å². The summed E-state index contributed by atoms with van der Waals surface area (Å²) in [5.41, 5.74) is 0. The minimum Gasteiger partial charge on any atom is -0.481 e. The van der Waals surface area contributed by atoms with Crippen LogP contribution in [0.5, 0.6) is 0 Å². The van der Waals surface area contributed by atoms with Crippen molar-refractivity contribution in [3.05, 3.63) is 0 Å². The molecule has 0 radical (unpaired) electrons. The maximum Gasteiger partial charge on any atom is 0.303 e. The minimum atomic E-state index is -0.777. The van der Waals surface area contributed by atoms with Gasteiger partial charge in [-0.25, -0.2) is 0 Å². The fourth-order valence-corrected chi connectivity index (χ4v) is 2.43. The number of carbonyl (C=O) groups excluding carboxylic acids is 1. The Hall–Kier alpha value is -1.10. The predicted octanol–water partition coefficient (Wildman–Crippen LogP) is 1.23. The Morgan fingerprint density at radius 3 is 2.78 bits per heavy atom. The van der Waals surface area contributed by atoms with Crippen LogP contribution in [0.25, 0.3) is 0 Å². The van der Waals surface area contributed by atoms with E-state index in [9.17, 15) is 9.59 Å². The molecule has 0 aromatic heterocycles. The van der Waals surface area contributed by atoms with Crippen LogP contribution in [0.1, 0.15) is 45.4 Å². The topological polar surface area (TPSA) is 69.6 Å². The molecule has 1 unspecified atom stereocenters. The zero-order valence-corrected chi connectivity index (χ0v) is 11.2. The number of hydrogen-bond donors (Lipinski definition) is 2. The average molecular weight is 256 g/mol. The quantitative estimate of drug-likeness (QED) is 0.672. The van der Waals surface area contributed by atoms with E-state index in [0.29, 0.717) is 19.4 Å². The summed E-state index contributed by atoms with van der Waals surface area (Å²) in [6.45, 7) is 4.38. The summed E-state index contributed by atoms with van der Waals surface area (Å²) in [6, 6.07) is 0.129. The lowest BCUT2D eigenvalue weighted by molar-refractivity contribution is -0.140. The van der Waals surface area contributed by atoms with Gasteiger partial charge >= 0.3 is 5.97 Å². The lowest BCUT2D eigenvalue weighted by atomic mass is 9.97. The minimum absolute atomic E-state index is 0.129. The average Bonchev–Trinajstić information content (AvgIpc) is 2.37. The van der Waals surface area contributed by atoms with Crippen molar-refractivity contribution in [2.24, 2.45) is 0 Å². The second-order valence-corrected chi connectivity index (χ2v) is 4.77. The van der Waals surface area contributed by atoms with E-state index in [4.69, 9.17) is 5.11 Å². The van der Waals surface area contributed by atoms with Crippen molar-refractivity contribution in [1.82, 2.24) is 10.2 Å². The van der Waals surface area contributed by atoms with Crippen LogP contribution in [0, 0.1) is 0 Å². The molecule has 1 atom stereocenters. The Bertz CT molecular complexity index is 281. The predicted molar refractivity (Wildman–Crippen MR) is 69.4 cm³/mol. The van der Waals surface area contributed by atoms with E-state index in [1.54, 1.807) is 0 Å². The lowest BCUT2D eigenvalue weighted by Gasteiger charge is -2.35. The molecule has 1 fully saturated rings. The SMILES string of the molecule is CCNCCC(=O)N1CCCCC1CCC(=O)O. The third-order valence-corrected chi connectivity index (χ3v) is 3.40. The van der Waals surface area contributed by atoms with Crippen LogP contribution in [0.15, 0.2) is 0 Å². The monoisotopic (exact) mass is 256 g/mol. The molecule has 0 spiro atoms. The number of likely N-dealkylation sites (tertiary alicyclic amines) is 1. The van der Waals surface area contributed by atoms with E-state index in [0.717, 1.165) is 32.4 Å². The molecule has 5 heteroatoms. The van der Waals surface area contributed by atoms with Crippen molar-refractivity contribution in [3.8, 4) is 0 Å². The molecule has 1 heterocycles. The standard InChI is InChI=1S/C13H24N2O3/c1-2-14-9-8-12(16)15-10-4-3-5-11(15)6-7-13(17)18/h11,14H,2-10H2,1H3,(H,17,18). The summed E-state index contributed by atoms with van der Waals surface area (Å²) in [4.78, 5) is 24.6. The molecule has 2 N–H and O–H groups in total. The molecule has 1 rings (SSSR count). The summed E-state index contributed by atoms with van der Waals surface area (Å²) >= 11 is 0. The van der Waals surface area contributed by atoms with E-state index in [1.807, 2.05) is 11.8 Å². The Morgan fingerprint density at radius 2 is 2.11 bits per heavy atom. The summed E-state index contributed by atoms with van der Waals surface area (Å²) < 4.78 is 0. The lowest BCUT2D eigenvalue weighted by Crippen LogP contribution is -2.44. The number of carbonyl (C=O) groups is 2. The fraction of sp³-hybridized carbons (Fsp3) is 0.846. The third-order valence-electron chi connectivity index (χ3n) is 3.40. The first-order valence-electron chi connectivity index (χ1n) is 6.87. The van der Waals surface area contributed by atoms with Gasteiger partial charge in [-0.15, -0.1) is 0 Å². The van der Waals surface area contributed by atoms with Crippen molar-refractivity contribution in [2.75, 3.05) is 19.6 Å². The summed E-state index contributed by atoms with van der Waals surface area (Å²) in [5, 5.41) is 11.9. The summed E-state index contributed by atoms with van der Waals surface area (Å²) in [6.07, 6.45) is 4.33. The molecule has 5 nitrogen and oxygen atoms in total. The van der Waals surface area contributed by atoms with Gasteiger partial charge in [0.1, 0.15) is 0 Å². The Balaban J connectivity index is 2.42. The van der Waals surface area contributed by atoms with E-state index < -0.39 is 5.97 Å². The second kappa shape index (κ2) is 8.08. The fourth-order valence-electron chi connectivity index (χ4n) is 2.43. The molecule has 1 aliphatic rings. The van der Waals surface area contributed by atoms with Crippen molar-refractivity contribution >= 4 is 11.9 Å². The van der Waals surface area contributed by atoms with E-state index in [-0.39, 0.29) is 18.4 Å². The maximum atomic E-state index is 12.1. The Kier molecular flexibility index (Phi) is 6.72. The summed E-state index contributed by atoms with van der Waals surface area (Å²) in [7, 11) is 0. The van der Waals surface area contributed by atoms with Gasteiger partial charge in [-0.05, 0) is 32.2 Å². The van der Waals surface area contributed by atoms with Crippen molar-refractivity contribution in [3.63, 3.8) is 0 Å². The zero-order valence-electron chi connectivity index (χ0n) is 11.2. The molecule has 1 saturated heterocycles. The van der Waals surface area contributed by atoms with E-state index in [2.05, 4.69) is 5.32 Å². The molecule has 1 amide bonds. The van der Waals surface area contributed by atoms with Gasteiger partial charge in [-0.1, -0.05) is 6.92 Å². The van der Waals surface area contributed by atoms with Gasteiger partial charge in [-0.3, -0.25) is 9.59 Å². The number of carboxylic acid groups (broad SMARTS) is 1. The van der Waals surface area contributed by atoms with Gasteiger partial charge in [0.2, 0.25) is 5.91 Å². The van der Waals surface area contributed by atoms with Crippen molar-refractivity contribution < 1.29 is 14.7 Å². The smallest absolute Gasteiger partial charge is 0.303 e. The molecular formula is C13H24N2O3. The highest BCUT2D eigenvalue weighted by Crippen LogP contribution is 2.21. The Labute approximate surface area is 109 Å². The second-order valence-electron chi connectivity index (χ2n) is 4.77. The third kappa shape index (κ3) is 5.04. The van der Waals surface area contributed by atoms with Crippen molar-refractivity contribution in [2.45, 2.75) is 51.5 Å². The van der Waals surface area contributed by atoms with Gasteiger partial charge in [0.25, 0.3) is 0 Å². The van der Waals surface area contributed by atoms with Gasteiger partial charge < -0.3 is 15.3 Å². The summed E-state index contributed by atoms with van der Waals surface area (Å²) in [5.74, 6) is -0.619. The number of carboxylic acids is 1. The van der Waals surface area contributed by atoms with Crippen LogP contribution >= 0.6 is 0 Å². The largest absolute Gasteiger partial charge is 0.481 e. The number of hydrogen-bond acceptors (Lipinski definition) is 3. The molecule has 0 aromatic rings. The molecule has 1 aliphatic heterocycles. The first-order chi connectivity index (χ1) is 8.65. The highest BCUT2D eigenvalue weighted by atomic mass is 16.4. The first kappa shape index (κ1) is 15.0. The molecule has 18 heavy (non-hydrogen) atoms. The van der Waals surface area contributed by atoms with Crippen molar-refractivity contribution in [1.29, 1.82) is 0 Å². The maximum absolute atomic E-state index is 12.1. The van der Waals surface area contributed by atoms with Crippen LogP contribution in [-0.2, 0) is 9.59 Å². The van der Waals surface area contributed by atoms with Gasteiger partial charge in [0.05, 0.1) is 0 Å². The van der Waals surface area contributed by atoms with Crippen LogP contribution in [-0.4, -0.2) is 47.6 Å². The number of nitrogens with one attached hydrogen (secondary N) is 1. The molecule has 0 aliphatic carbocycles. The van der Waals surface area contributed by atoms with Crippen LogP contribution < -0.4 is 5.32 Å². The molecule has 104 valence electrons. The number of aliphatic carboxylic acids is 1. The normalized spacial score (nSPS) is 19.8. The molecule has 0 aromatic carbocycles.